The Morgan fingerprint density at radius 3 is 2.55 bits per heavy atom. The van der Waals surface area contributed by atoms with Crippen LogP contribution in [0.15, 0.2) is 18.5 Å². The van der Waals surface area contributed by atoms with Crippen molar-refractivity contribution in [2.24, 2.45) is 0 Å². The first-order valence-corrected chi connectivity index (χ1v) is 7.38. The van der Waals surface area contributed by atoms with Gasteiger partial charge in [0.1, 0.15) is 0 Å². The van der Waals surface area contributed by atoms with Gasteiger partial charge >= 0.3 is 0 Å². The van der Waals surface area contributed by atoms with E-state index in [0.717, 1.165) is 32.1 Å². The zero-order valence-corrected chi connectivity index (χ0v) is 11.6. The molecule has 3 heterocycles. The van der Waals surface area contributed by atoms with E-state index in [4.69, 9.17) is 0 Å². The van der Waals surface area contributed by atoms with Crippen LogP contribution in [0.5, 0.6) is 0 Å². The Labute approximate surface area is 118 Å². The van der Waals surface area contributed by atoms with Gasteiger partial charge in [0, 0.05) is 25.3 Å². The summed E-state index contributed by atoms with van der Waals surface area (Å²) in [7, 11) is 0. The van der Waals surface area contributed by atoms with Crippen molar-refractivity contribution >= 4 is 5.91 Å². The zero-order chi connectivity index (χ0) is 13.9. The molecule has 1 amide bonds. The molecule has 0 saturated carbocycles. The van der Waals surface area contributed by atoms with E-state index in [-0.39, 0.29) is 11.5 Å². The largest absolute Gasteiger partial charge is 0.338 e. The molecule has 2 aliphatic heterocycles. The molecule has 1 aromatic rings. The average molecular weight is 277 g/mol. The number of halogens is 1. The van der Waals surface area contributed by atoms with Crippen LogP contribution in [0, 0.1) is 5.82 Å². The first kappa shape index (κ1) is 13.5. The van der Waals surface area contributed by atoms with Gasteiger partial charge in [-0.2, -0.15) is 0 Å². The standard InChI is InChI=1S/C15H20FN3O/c16-14-11-17-6-3-13(14)15(20)19-9-4-12(5-10-19)18-7-1-2-8-18/h3,6,11-12H,1-2,4-5,7-10H2. The van der Waals surface area contributed by atoms with Crippen molar-refractivity contribution in [1.29, 1.82) is 0 Å². The molecule has 4 nitrogen and oxygen atoms in total. The molecule has 20 heavy (non-hydrogen) atoms. The second-order valence-corrected chi connectivity index (χ2v) is 5.62. The summed E-state index contributed by atoms with van der Waals surface area (Å²) in [6, 6.07) is 2.06. The molecular weight excluding hydrogens is 257 g/mol. The summed E-state index contributed by atoms with van der Waals surface area (Å²) >= 11 is 0. The monoisotopic (exact) mass is 277 g/mol. The average Bonchev–Trinajstić information content (AvgIpc) is 3.01. The third-order valence-electron chi connectivity index (χ3n) is 4.41. The number of pyridine rings is 1. The summed E-state index contributed by atoms with van der Waals surface area (Å²) in [6.45, 7) is 3.83. The highest BCUT2D eigenvalue weighted by Gasteiger charge is 2.29. The van der Waals surface area contributed by atoms with Gasteiger partial charge in [0.25, 0.3) is 5.91 Å². The fourth-order valence-electron chi connectivity index (χ4n) is 3.26. The van der Waals surface area contributed by atoms with Crippen molar-refractivity contribution < 1.29 is 9.18 Å². The summed E-state index contributed by atoms with van der Waals surface area (Å²) in [6.07, 6.45) is 7.15. The molecule has 0 bridgehead atoms. The first-order valence-electron chi connectivity index (χ1n) is 7.38. The molecule has 0 aliphatic carbocycles. The van der Waals surface area contributed by atoms with E-state index in [1.54, 1.807) is 4.90 Å². The third kappa shape index (κ3) is 2.68. The molecule has 0 N–H and O–H groups in total. The highest BCUT2D eigenvalue weighted by Crippen LogP contribution is 2.22. The summed E-state index contributed by atoms with van der Waals surface area (Å²) in [5.74, 6) is -0.732. The highest BCUT2D eigenvalue weighted by molar-refractivity contribution is 5.94. The molecule has 2 saturated heterocycles. The highest BCUT2D eigenvalue weighted by atomic mass is 19.1. The molecule has 5 heteroatoms. The van der Waals surface area contributed by atoms with E-state index < -0.39 is 5.82 Å². The van der Waals surface area contributed by atoms with Crippen molar-refractivity contribution in [3.05, 3.63) is 29.8 Å². The molecular formula is C15H20FN3O. The van der Waals surface area contributed by atoms with Crippen molar-refractivity contribution in [1.82, 2.24) is 14.8 Å². The molecule has 0 unspecified atom stereocenters. The summed E-state index contributed by atoms with van der Waals surface area (Å²) in [4.78, 5) is 20.3. The Bertz CT molecular complexity index is 480. The topological polar surface area (TPSA) is 36.4 Å². The number of hydrogen-bond donors (Lipinski definition) is 0. The van der Waals surface area contributed by atoms with E-state index in [0.29, 0.717) is 6.04 Å². The maximum Gasteiger partial charge on any atom is 0.256 e. The Morgan fingerprint density at radius 2 is 1.90 bits per heavy atom. The van der Waals surface area contributed by atoms with Gasteiger partial charge in [0.15, 0.2) is 5.82 Å². The van der Waals surface area contributed by atoms with Crippen LogP contribution in [0.3, 0.4) is 0 Å². The van der Waals surface area contributed by atoms with E-state index in [9.17, 15) is 9.18 Å². The lowest BCUT2D eigenvalue weighted by Crippen LogP contribution is -2.46. The van der Waals surface area contributed by atoms with E-state index in [1.165, 1.54) is 38.2 Å². The van der Waals surface area contributed by atoms with Gasteiger partial charge in [0.2, 0.25) is 0 Å². The predicted octanol–water partition coefficient (Wildman–Crippen LogP) is 1.92. The minimum Gasteiger partial charge on any atom is -0.338 e. The van der Waals surface area contributed by atoms with Gasteiger partial charge in [0.05, 0.1) is 11.8 Å². The SMILES string of the molecule is O=C(c1ccncc1F)N1CCC(N2CCCC2)CC1. The van der Waals surface area contributed by atoms with Gasteiger partial charge in [-0.15, -0.1) is 0 Å². The smallest absolute Gasteiger partial charge is 0.256 e. The van der Waals surface area contributed by atoms with E-state index >= 15 is 0 Å². The Balaban J connectivity index is 1.60. The molecule has 0 aromatic carbocycles. The van der Waals surface area contributed by atoms with Gasteiger partial charge in [-0.25, -0.2) is 4.39 Å². The number of piperidine rings is 1. The number of likely N-dealkylation sites (tertiary alicyclic amines) is 2. The minimum absolute atomic E-state index is 0.139. The van der Waals surface area contributed by atoms with Gasteiger partial charge in [-0.1, -0.05) is 0 Å². The maximum atomic E-state index is 13.6. The minimum atomic E-state index is -0.529. The lowest BCUT2D eigenvalue weighted by Gasteiger charge is -2.36. The molecule has 0 atom stereocenters. The molecule has 1 aromatic heterocycles. The summed E-state index contributed by atoms with van der Waals surface area (Å²) in [5, 5.41) is 0. The first-order chi connectivity index (χ1) is 9.75. The molecule has 2 fully saturated rings. The summed E-state index contributed by atoms with van der Waals surface area (Å²) < 4.78 is 13.6. The van der Waals surface area contributed by atoms with E-state index in [1.807, 2.05) is 0 Å². The lowest BCUT2D eigenvalue weighted by atomic mass is 10.0. The van der Waals surface area contributed by atoms with Gasteiger partial charge < -0.3 is 9.80 Å². The zero-order valence-electron chi connectivity index (χ0n) is 11.6. The van der Waals surface area contributed by atoms with Crippen LogP contribution in [0.1, 0.15) is 36.0 Å². The number of amides is 1. The van der Waals surface area contributed by atoms with E-state index in [2.05, 4.69) is 9.88 Å². The number of rotatable bonds is 2. The number of carbonyl (C=O) groups excluding carboxylic acids is 1. The van der Waals surface area contributed by atoms with Crippen LogP contribution in [0.4, 0.5) is 4.39 Å². The fourth-order valence-corrected chi connectivity index (χ4v) is 3.26. The second kappa shape index (κ2) is 5.87. The molecule has 2 aliphatic rings. The third-order valence-corrected chi connectivity index (χ3v) is 4.41. The predicted molar refractivity (Wildman–Crippen MR) is 73.9 cm³/mol. The van der Waals surface area contributed by atoms with Gasteiger partial charge in [-0.05, 0) is 44.8 Å². The van der Waals surface area contributed by atoms with Crippen molar-refractivity contribution in [2.45, 2.75) is 31.7 Å². The Kier molecular flexibility index (Phi) is 3.96. The number of hydrogen-bond acceptors (Lipinski definition) is 3. The van der Waals surface area contributed by atoms with Crippen LogP contribution < -0.4 is 0 Å². The molecule has 0 radical (unpaired) electrons. The molecule has 108 valence electrons. The quantitative estimate of drug-likeness (QED) is 0.828. The van der Waals surface area contributed by atoms with Crippen molar-refractivity contribution in [3.63, 3.8) is 0 Å². The van der Waals surface area contributed by atoms with Gasteiger partial charge in [-0.3, -0.25) is 9.78 Å². The fraction of sp³-hybridized carbons (Fsp3) is 0.600. The Hall–Kier alpha value is -1.49. The summed E-state index contributed by atoms with van der Waals surface area (Å²) in [5.41, 5.74) is 0.139. The number of aromatic nitrogens is 1. The Morgan fingerprint density at radius 1 is 1.20 bits per heavy atom. The molecule has 3 rings (SSSR count). The lowest BCUT2D eigenvalue weighted by molar-refractivity contribution is 0.0640. The number of carbonyl (C=O) groups is 1. The van der Waals surface area contributed by atoms with Crippen LogP contribution in [-0.2, 0) is 0 Å². The van der Waals surface area contributed by atoms with Crippen LogP contribution >= 0.6 is 0 Å². The van der Waals surface area contributed by atoms with Crippen molar-refractivity contribution in [2.75, 3.05) is 26.2 Å². The second-order valence-electron chi connectivity index (χ2n) is 5.62. The van der Waals surface area contributed by atoms with Crippen LogP contribution in [0.2, 0.25) is 0 Å². The van der Waals surface area contributed by atoms with Crippen LogP contribution in [0.25, 0.3) is 0 Å². The molecule has 0 spiro atoms. The van der Waals surface area contributed by atoms with Crippen molar-refractivity contribution in [3.8, 4) is 0 Å². The van der Waals surface area contributed by atoms with Crippen LogP contribution in [-0.4, -0.2) is 52.9 Å². The normalized spacial score (nSPS) is 21.4. The number of nitrogens with zero attached hydrogens (tertiary/aromatic N) is 3. The maximum absolute atomic E-state index is 13.6.